The van der Waals surface area contributed by atoms with Gasteiger partial charge in [0.05, 0.1) is 10.2 Å². The van der Waals surface area contributed by atoms with Gasteiger partial charge in [0.1, 0.15) is 0 Å². The van der Waals surface area contributed by atoms with Crippen molar-refractivity contribution >= 4 is 42.6 Å². The molecule has 1 N–H and O–H groups in total. The molecule has 0 amide bonds. The fraction of sp³-hybridized carbons (Fsp3) is 0.462. The molecule has 92 valence electrons. The third-order valence-corrected chi connectivity index (χ3v) is 4.17. The van der Waals surface area contributed by atoms with E-state index >= 15 is 0 Å². The smallest absolute Gasteiger partial charge is 0.183 e. The van der Waals surface area contributed by atoms with E-state index in [1.54, 1.807) is 11.3 Å². The largest absolute Gasteiger partial charge is 0.359 e. The van der Waals surface area contributed by atoms with Crippen LogP contribution in [0.1, 0.15) is 33.1 Å². The van der Waals surface area contributed by atoms with Crippen molar-refractivity contribution in [2.75, 3.05) is 5.32 Å². The zero-order valence-electron chi connectivity index (χ0n) is 10.2. The molecule has 17 heavy (non-hydrogen) atoms. The van der Waals surface area contributed by atoms with Gasteiger partial charge in [0.25, 0.3) is 0 Å². The maximum atomic E-state index is 4.60. The fourth-order valence-electron chi connectivity index (χ4n) is 1.76. The predicted molar refractivity (Wildman–Crippen MR) is 79.9 cm³/mol. The van der Waals surface area contributed by atoms with Crippen LogP contribution in [0, 0.1) is 0 Å². The van der Waals surface area contributed by atoms with Gasteiger partial charge in [0.2, 0.25) is 0 Å². The van der Waals surface area contributed by atoms with Gasteiger partial charge in [-0.1, -0.05) is 47.0 Å². The van der Waals surface area contributed by atoms with Gasteiger partial charge >= 0.3 is 0 Å². The van der Waals surface area contributed by atoms with Crippen molar-refractivity contribution in [3.8, 4) is 0 Å². The van der Waals surface area contributed by atoms with Crippen molar-refractivity contribution in [3.63, 3.8) is 0 Å². The average Bonchev–Trinajstić information content (AvgIpc) is 2.67. The summed E-state index contributed by atoms with van der Waals surface area (Å²) in [6.45, 7) is 4.44. The number of unbranched alkanes of at least 4 members (excludes halogenated alkanes) is 1. The summed E-state index contributed by atoms with van der Waals surface area (Å²) in [7, 11) is 0. The Balaban J connectivity index is 2.08. The minimum Gasteiger partial charge on any atom is -0.359 e. The standard InChI is InChI=1S/C13H17BrN2S/c1-3-4-5-9(2)15-13-16-11-8-10(14)6-7-12(11)17-13/h6-9H,3-5H2,1-2H3,(H,15,16). The van der Waals surface area contributed by atoms with E-state index in [2.05, 4.69) is 58.3 Å². The van der Waals surface area contributed by atoms with Crippen molar-refractivity contribution in [3.05, 3.63) is 22.7 Å². The summed E-state index contributed by atoms with van der Waals surface area (Å²) >= 11 is 5.20. The third-order valence-electron chi connectivity index (χ3n) is 2.71. The van der Waals surface area contributed by atoms with E-state index in [0.29, 0.717) is 6.04 Å². The van der Waals surface area contributed by atoms with Crippen LogP contribution in [0.4, 0.5) is 5.13 Å². The van der Waals surface area contributed by atoms with Crippen molar-refractivity contribution in [2.45, 2.75) is 39.2 Å². The normalized spacial score (nSPS) is 12.9. The molecular weight excluding hydrogens is 296 g/mol. The highest BCUT2D eigenvalue weighted by Crippen LogP contribution is 2.28. The second kappa shape index (κ2) is 5.83. The highest BCUT2D eigenvalue weighted by atomic mass is 79.9. The monoisotopic (exact) mass is 312 g/mol. The zero-order valence-corrected chi connectivity index (χ0v) is 12.6. The van der Waals surface area contributed by atoms with Crippen LogP contribution in [0.2, 0.25) is 0 Å². The van der Waals surface area contributed by atoms with Gasteiger partial charge in [0, 0.05) is 10.5 Å². The van der Waals surface area contributed by atoms with Gasteiger partial charge < -0.3 is 5.32 Å². The number of fused-ring (bicyclic) bond motifs is 1. The molecule has 2 rings (SSSR count). The molecule has 0 spiro atoms. The maximum Gasteiger partial charge on any atom is 0.183 e. The highest BCUT2D eigenvalue weighted by Gasteiger charge is 2.07. The van der Waals surface area contributed by atoms with Crippen molar-refractivity contribution in [1.82, 2.24) is 4.98 Å². The minimum atomic E-state index is 0.499. The van der Waals surface area contributed by atoms with Gasteiger partial charge in [0.15, 0.2) is 5.13 Å². The Morgan fingerprint density at radius 2 is 2.29 bits per heavy atom. The molecule has 0 aliphatic heterocycles. The molecule has 2 nitrogen and oxygen atoms in total. The number of benzene rings is 1. The first kappa shape index (κ1) is 12.8. The number of hydrogen-bond acceptors (Lipinski definition) is 3. The van der Waals surface area contributed by atoms with Crippen LogP contribution in [0.5, 0.6) is 0 Å². The molecule has 0 bridgehead atoms. The SMILES string of the molecule is CCCCC(C)Nc1nc2cc(Br)ccc2s1. The lowest BCUT2D eigenvalue weighted by Gasteiger charge is -2.11. The molecule has 1 unspecified atom stereocenters. The van der Waals surface area contributed by atoms with Crippen LogP contribution >= 0.6 is 27.3 Å². The van der Waals surface area contributed by atoms with Crippen LogP contribution in [0.3, 0.4) is 0 Å². The molecule has 1 heterocycles. The molecule has 2 aromatic rings. The van der Waals surface area contributed by atoms with Crippen molar-refractivity contribution in [1.29, 1.82) is 0 Å². The Kier molecular flexibility index (Phi) is 4.40. The minimum absolute atomic E-state index is 0.499. The van der Waals surface area contributed by atoms with E-state index in [4.69, 9.17) is 0 Å². The first-order valence-corrected chi connectivity index (χ1v) is 7.62. The second-order valence-corrected chi connectivity index (χ2v) is 6.27. The molecule has 1 atom stereocenters. The Labute approximate surface area is 115 Å². The Morgan fingerprint density at radius 3 is 3.06 bits per heavy atom. The first-order valence-electron chi connectivity index (χ1n) is 6.01. The summed E-state index contributed by atoms with van der Waals surface area (Å²) in [5.41, 5.74) is 1.06. The van der Waals surface area contributed by atoms with Crippen LogP contribution in [-0.2, 0) is 0 Å². The van der Waals surface area contributed by atoms with Gasteiger partial charge in [-0.15, -0.1) is 0 Å². The van der Waals surface area contributed by atoms with Crippen LogP contribution < -0.4 is 5.32 Å². The van der Waals surface area contributed by atoms with Crippen LogP contribution in [-0.4, -0.2) is 11.0 Å². The molecule has 0 radical (unpaired) electrons. The lowest BCUT2D eigenvalue weighted by Crippen LogP contribution is -2.14. The summed E-state index contributed by atoms with van der Waals surface area (Å²) < 4.78 is 2.32. The Hall–Kier alpha value is -0.610. The lowest BCUT2D eigenvalue weighted by molar-refractivity contribution is 0.645. The molecule has 0 fully saturated rings. The van der Waals surface area contributed by atoms with Crippen LogP contribution in [0.15, 0.2) is 22.7 Å². The topological polar surface area (TPSA) is 24.9 Å². The molecule has 0 aliphatic carbocycles. The summed E-state index contributed by atoms with van der Waals surface area (Å²) in [5.74, 6) is 0. The van der Waals surface area contributed by atoms with Crippen LogP contribution in [0.25, 0.3) is 10.2 Å². The van der Waals surface area contributed by atoms with Gasteiger partial charge in [-0.2, -0.15) is 0 Å². The van der Waals surface area contributed by atoms with Gasteiger partial charge in [-0.3, -0.25) is 0 Å². The third kappa shape index (κ3) is 3.42. The summed E-state index contributed by atoms with van der Waals surface area (Å²) in [6.07, 6.45) is 3.72. The van der Waals surface area contributed by atoms with E-state index in [1.165, 1.54) is 24.0 Å². The van der Waals surface area contributed by atoms with E-state index in [-0.39, 0.29) is 0 Å². The number of nitrogens with zero attached hydrogens (tertiary/aromatic N) is 1. The number of halogens is 1. The molecule has 1 aromatic heterocycles. The average molecular weight is 313 g/mol. The number of anilines is 1. The number of aromatic nitrogens is 1. The van der Waals surface area contributed by atoms with Gasteiger partial charge in [-0.25, -0.2) is 4.98 Å². The summed E-state index contributed by atoms with van der Waals surface area (Å²) in [5, 5.41) is 4.51. The maximum absolute atomic E-state index is 4.60. The molecule has 0 saturated carbocycles. The lowest BCUT2D eigenvalue weighted by atomic mass is 10.1. The quantitative estimate of drug-likeness (QED) is 0.835. The molecule has 0 saturated heterocycles. The highest BCUT2D eigenvalue weighted by molar-refractivity contribution is 9.10. The van der Waals surface area contributed by atoms with E-state index < -0.39 is 0 Å². The number of thiazole rings is 1. The predicted octanol–water partition coefficient (Wildman–Crippen LogP) is 5.05. The summed E-state index contributed by atoms with van der Waals surface area (Å²) in [4.78, 5) is 4.60. The number of hydrogen-bond donors (Lipinski definition) is 1. The Bertz CT molecular complexity index is 495. The fourth-order valence-corrected chi connectivity index (χ4v) is 3.06. The first-order chi connectivity index (χ1) is 8.19. The number of nitrogens with one attached hydrogen (secondary N) is 1. The Morgan fingerprint density at radius 1 is 1.47 bits per heavy atom. The molecule has 0 aliphatic rings. The molecule has 1 aromatic carbocycles. The summed E-state index contributed by atoms with van der Waals surface area (Å²) in [6, 6.07) is 6.73. The number of rotatable bonds is 5. The van der Waals surface area contributed by atoms with E-state index in [1.807, 2.05) is 0 Å². The second-order valence-electron chi connectivity index (χ2n) is 4.32. The van der Waals surface area contributed by atoms with E-state index in [9.17, 15) is 0 Å². The van der Waals surface area contributed by atoms with Crippen molar-refractivity contribution in [2.24, 2.45) is 0 Å². The molecular formula is C13H17BrN2S. The van der Waals surface area contributed by atoms with E-state index in [0.717, 1.165) is 15.1 Å². The van der Waals surface area contributed by atoms with Gasteiger partial charge in [-0.05, 0) is 31.5 Å². The molecule has 4 heteroatoms. The van der Waals surface area contributed by atoms with Crippen molar-refractivity contribution < 1.29 is 0 Å². The zero-order chi connectivity index (χ0) is 12.3.